The Bertz CT molecular complexity index is 1790. The Labute approximate surface area is 231 Å². The van der Waals surface area contributed by atoms with E-state index in [1.54, 1.807) is 0 Å². The van der Waals surface area contributed by atoms with Crippen LogP contribution in [0.1, 0.15) is 5.56 Å². The average molecular weight is 521 g/mol. The minimum Gasteiger partial charge on any atom is -0.208 e. The summed E-state index contributed by atoms with van der Waals surface area (Å²) in [4.78, 5) is 14.7. The van der Waals surface area contributed by atoms with Gasteiger partial charge < -0.3 is 0 Å². The summed E-state index contributed by atoms with van der Waals surface area (Å²) in [5.74, 6) is 1.71. The van der Waals surface area contributed by atoms with E-state index < -0.39 is 0 Å². The largest absolute Gasteiger partial charge is 0.208 e. The number of nitrogens with zero attached hydrogens (tertiary/aromatic N) is 4. The van der Waals surface area contributed by atoms with E-state index in [1.165, 1.54) is 0 Å². The predicted molar refractivity (Wildman–Crippen MR) is 157 cm³/mol. The zero-order valence-electron chi connectivity index (χ0n) is 20.8. The van der Waals surface area contributed by atoms with Crippen molar-refractivity contribution in [1.29, 1.82) is 5.26 Å². The molecule has 0 radical (unpaired) electrons. The van der Waals surface area contributed by atoms with Gasteiger partial charge in [-0.05, 0) is 46.5 Å². The second-order valence-electron chi connectivity index (χ2n) is 8.99. The average Bonchev–Trinajstić information content (AvgIpc) is 3.02. The van der Waals surface area contributed by atoms with Gasteiger partial charge in [0.15, 0.2) is 17.5 Å². The van der Waals surface area contributed by atoms with Crippen LogP contribution in [0.5, 0.6) is 0 Å². The molecule has 0 N–H and O–H groups in total. The van der Waals surface area contributed by atoms with Gasteiger partial charge in [-0.25, -0.2) is 15.0 Å². The Balaban J connectivity index is 1.48. The van der Waals surface area contributed by atoms with E-state index in [4.69, 9.17) is 31.8 Å². The van der Waals surface area contributed by atoms with Gasteiger partial charge in [0.05, 0.1) is 11.6 Å². The fourth-order valence-corrected chi connectivity index (χ4v) is 4.63. The second-order valence-corrected chi connectivity index (χ2v) is 9.43. The highest BCUT2D eigenvalue weighted by Gasteiger charge is 2.16. The van der Waals surface area contributed by atoms with Crippen LogP contribution in [0.4, 0.5) is 0 Å². The maximum Gasteiger partial charge on any atom is 0.164 e. The van der Waals surface area contributed by atoms with Crippen molar-refractivity contribution in [3.63, 3.8) is 0 Å². The molecule has 1 heterocycles. The molecule has 0 bridgehead atoms. The molecule has 0 saturated carbocycles. The second kappa shape index (κ2) is 10.7. The Morgan fingerprint density at radius 3 is 1.54 bits per heavy atom. The van der Waals surface area contributed by atoms with Crippen molar-refractivity contribution >= 4 is 11.6 Å². The predicted octanol–water partition coefficient (Wildman–Crippen LogP) is 8.73. The molecular formula is C34H21ClN4. The van der Waals surface area contributed by atoms with Crippen molar-refractivity contribution in [3.8, 4) is 62.5 Å². The zero-order chi connectivity index (χ0) is 26.6. The number of halogens is 1. The first kappa shape index (κ1) is 24.2. The van der Waals surface area contributed by atoms with Crippen LogP contribution in [0.25, 0.3) is 56.4 Å². The van der Waals surface area contributed by atoms with Crippen molar-refractivity contribution in [3.05, 3.63) is 138 Å². The van der Waals surface area contributed by atoms with Crippen molar-refractivity contribution in [2.75, 3.05) is 0 Å². The third-order valence-corrected chi connectivity index (χ3v) is 6.70. The molecule has 0 amide bonds. The van der Waals surface area contributed by atoms with Crippen LogP contribution >= 0.6 is 11.6 Å². The van der Waals surface area contributed by atoms with Crippen LogP contribution in [0.2, 0.25) is 5.02 Å². The molecule has 184 valence electrons. The third kappa shape index (κ3) is 5.17. The molecule has 0 aliphatic carbocycles. The molecule has 1 aromatic heterocycles. The summed E-state index contributed by atoms with van der Waals surface area (Å²) in [5.41, 5.74) is 7.37. The Morgan fingerprint density at radius 1 is 0.462 bits per heavy atom. The van der Waals surface area contributed by atoms with E-state index in [0.29, 0.717) is 28.1 Å². The summed E-state index contributed by atoms with van der Waals surface area (Å²) in [5, 5.41) is 9.70. The number of rotatable bonds is 5. The molecular weight excluding hydrogens is 500 g/mol. The van der Waals surface area contributed by atoms with Gasteiger partial charge in [0.2, 0.25) is 0 Å². The van der Waals surface area contributed by atoms with E-state index in [1.807, 2.05) is 115 Å². The molecule has 0 aliphatic heterocycles. The summed E-state index contributed by atoms with van der Waals surface area (Å²) in [7, 11) is 0. The summed E-state index contributed by atoms with van der Waals surface area (Å²) in [6, 6.07) is 43.7. The maximum absolute atomic E-state index is 9.09. The standard InChI is InChI=1S/C34H21ClN4/c35-29-19-20-30(26-7-3-1-4-8-26)31(21-29)34-38-32(27-9-5-2-6-10-27)37-33(39-34)28-17-15-25(16-18-28)24-13-11-23(22-36)12-14-24/h1-21H. The van der Waals surface area contributed by atoms with Gasteiger partial charge in [0.1, 0.15) is 0 Å². The molecule has 0 atom stereocenters. The molecule has 39 heavy (non-hydrogen) atoms. The van der Waals surface area contributed by atoms with Crippen LogP contribution in [0, 0.1) is 11.3 Å². The topological polar surface area (TPSA) is 62.5 Å². The van der Waals surface area contributed by atoms with Crippen molar-refractivity contribution < 1.29 is 0 Å². The van der Waals surface area contributed by atoms with Crippen LogP contribution in [0.3, 0.4) is 0 Å². The van der Waals surface area contributed by atoms with Crippen molar-refractivity contribution in [2.45, 2.75) is 0 Å². The highest BCUT2D eigenvalue weighted by molar-refractivity contribution is 6.31. The van der Waals surface area contributed by atoms with Crippen molar-refractivity contribution in [1.82, 2.24) is 15.0 Å². The van der Waals surface area contributed by atoms with E-state index >= 15 is 0 Å². The van der Waals surface area contributed by atoms with E-state index in [9.17, 15) is 0 Å². The maximum atomic E-state index is 9.09. The van der Waals surface area contributed by atoms with Gasteiger partial charge in [-0.3, -0.25) is 0 Å². The molecule has 0 fully saturated rings. The fourth-order valence-electron chi connectivity index (χ4n) is 4.46. The molecule has 5 heteroatoms. The first-order valence-corrected chi connectivity index (χ1v) is 12.8. The fraction of sp³-hybridized carbons (Fsp3) is 0. The van der Waals surface area contributed by atoms with Crippen LogP contribution in [-0.4, -0.2) is 15.0 Å². The summed E-state index contributed by atoms with van der Waals surface area (Å²) >= 11 is 6.47. The smallest absolute Gasteiger partial charge is 0.164 e. The lowest BCUT2D eigenvalue weighted by Gasteiger charge is -2.13. The van der Waals surface area contributed by atoms with Crippen LogP contribution in [0.15, 0.2) is 127 Å². The highest BCUT2D eigenvalue weighted by Crippen LogP contribution is 2.34. The molecule has 0 saturated heterocycles. The monoisotopic (exact) mass is 520 g/mol. The summed E-state index contributed by atoms with van der Waals surface area (Å²) < 4.78 is 0. The van der Waals surface area contributed by atoms with E-state index in [0.717, 1.165) is 38.9 Å². The number of hydrogen-bond donors (Lipinski definition) is 0. The summed E-state index contributed by atoms with van der Waals surface area (Å²) in [6.45, 7) is 0. The van der Waals surface area contributed by atoms with Crippen LogP contribution < -0.4 is 0 Å². The van der Waals surface area contributed by atoms with Gasteiger partial charge in [-0.2, -0.15) is 5.26 Å². The van der Waals surface area contributed by atoms with Gasteiger partial charge >= 0.3 is 0 Å². The van der Waals surface area contributed by atoms with E-state index in [-0.39, 0.29) is 0 Å². The normalized spacial score (nSPS) is 10.7. The number of nitriles is 1. The minimum absolute atomic E-state index is 0.552. The third-order valence-electron chi connectivity index (χ3n) is 6.47. The number of aromatic nitrogens is 3. The highest BCUT2D eigenvalue weighted by atomic mass is 35.5. The lowest BCUT2D eigenvalue weighted by atomic mass is 9.99. The quantitative estimate of drug-likeness (QED) is 0.228. The number of benzene rings is 5. The lowest BCUT2D eigenvalue weighted by Crippen LogP contribution is -2.01. The van der Waals surface area contributed by atoms with Gasteiger partial charge in [0, 0.05) is 21.7 Å². The molecule has 6 aromatic rings. The first-order valence-electron chi connectivity index (χ1n) is 12.5. The van der Waals surface area contributed by atoms with Gasteiger partial charge in [-0.15, -0.1) is 0 Å². The molecule has 6 rings (SSSR count). The van der Waals surface area contributed by atoms with Gasteiger partial charge in [0.25, 0.3) is 0 Å². The van der Waals surface area contributed by atoms with Crippen molar-refractivity contribution in [2.24, 2.45) is 0 Å². The zero-order valence-corrected chi connectivity index (χ0v) is 21.5. The molecule has 0 unspecified atom stereocenters. The lowest BCUT2D eigenvalue weighted by molar-refractivity contribution is 1.07. The minimum atomic E-state index is 0.552. The molecule has 0 spiro atoms. The Hall–Kier alpha value is -5.11. The van der Waals surface area contributed by atoms with Crippen LogP contribution in [-0.2, 0) is 0 Å². The molecule has 4 nitrogen and oxygen atoms in total. The Kier molecular flexibility index (Phi) is 6.66. The summed E-state index contributed by atoms with van der Waals surface area (Å²) in [6.07, 6.45) is 0. The Morgan fingerprint density at radius 2 is 0.949 bits per heavy atom. The SMILES string of the molecule is N#Cc1ccc(-c2ccc(-c3nc(-c4ccccc4)nc(-c4cc(Cl)ccc4-c4ccccc4)n3)cc2)cc1. The number of hydrogen-bond acceptors (Lipinski definition) is 4. The van der Waals surface area contributed by atoms with Gasteiger partial charge in [-0.1, -0.05) is 115 Å². The van der Waals surface area contributed by atoms with E-state index in [2.05, 4.69) is 18.2 Å². The molecule has 0 aliphatic rings. The molecule has 5 aromatic carbocycles. The first-order chi connectivity index (χ1) is 19.2.